The quantitative estimate of drug-likeness (QED) is 0.920. The van der Waals surface area contributed by atoms with Crippen LogP contribution in [0.5, 0.6) is 0 Å². The van der Waals surface area contributed by atoms with E-state index in [0.29, 0.717) is 0 Å². The molecule has 108 valence electrons. The van der Waals surface area contributed by atoms with Crippen molar-refractivity contribution in [2.75, 3.05) is 18.8 Å². The summed E-state index contributed by atoms with van der Waals surface area (Å²) in [6.45, 7) is -0.604. The van der Waals surface area contributed by atoms with Gasteiger partial charge in [-0.2, -0.15) is 17.5 Å². The number of pyridine rings is 1. The van der Waals surface area contributed by atoms with E-state index in [9.17, 15) is 21.6 Å². The SMILES string of the molecule is CCN(CC(F)(F)F)S(=O)(=O)c1cnc(N)c(Cl)c1. The summed E-state index contributed by atoms with van der Waals surface area (Å²) in [4.78, 5) is 3.08. The molecule has 0 aliphatic heterocycles. The molecule has 0 aromatic carbocycles. The van der Waals surface area contributed by atoms with E-state index >= 15 is 0 Å². The number of hydrogen-bond acceptors (Lipinski definition) is 4. The predicted molar refractivity (Wildman–Crippen MR) is 64.1 cm³/mol. The molecule has 0 unspecified atom stereocenters. The number of sulfonamides is 1. The zero-order valence-electron chi connectivity index (χ0n) is 9.78. The Balaban J connectivity index is 3.17. The lowest BCUT2D eigenvalue weighted by atomic mass is 10.5. The van der Waals surface area contributed by atoms with Crippen LogP contribution in [0.1, 0.15) is 6.92 Å². The van der Waals surface area contributed by atoms with Gasteiger partial charge in [-0.05, 0) is 6.07 Å². The van der Waals surface area contributed by atoms with Gasteiger partial charge >= 0.3 is 6.18 Å². The van der Waals surface area contributed by atoms with E-state index in [4.69, 9.17) is 17.3 Å². The van der Waals surface area contributed by atoms with Gasteiger partial charge in [-0.3, -0.25) is 0 Å². The van der Waals surface area contributed by atoms with Crippen molar-refractivity contribution in [1.82, 2.24) is 9.29 Å². The molecule has 0 bridgehead atoms. The lowest BCUT2D eigenvalue weighted by molar-refractivity contribution is -0.135. The predicted octanol–water partition coefficient (Wildman–Crippen LogP) is 1.89. The number of nitrogens with two attached hydrogens (primary N) is 1. The van der Waals surface area contributed by atoms with Gasteiger partial charge in [0.25, 0.3) is 0 Å². The van der Waals surface area contributed by atoms with Crippen LogP contribution in [0, 0.1) is 0 Å². The molecule has 0 saturated heterocycles. The highest BCUT2D eigenvalue weighted by Crippen LogP contribution is 2.25. The third-order valence-electron chi connectivity index (χ3n) is 2.19. The zero-order chi connectivity index (χ0) is 14.8. The highest BCUT2D eigenvalue weighted by atomic mass is 35.5. The second-order valence-electron chi connectivity index (χ2n) is 3.58. The van der Waals surface area contributed by atoms with Crippen molar-refractivity contribution in [2.45, 2.75) is 18.0 Å². The molecule has 0 aliphatic rings. The smallest absolute Gasteiger partial charge is 0.382 e. The Kier molecular flexibility index (Phi) is 4.64. The summed E-state index contributed by atoms with van der Waals surface area (Å²) in [6.07, 6.45) is -3.76. The van der Waals surface area contributed by atoms with E-state index in [1.54, 1.807) is 0 Å². The molecular weight excluding hydrogens is 307 g/mol. The van der Waals surface area contributed by atoms with Crippen LogP contribution in [-0.4, -0.2) is 37.0 Å². The normalized spacial score (nSPS) is 12.9. The lowest BCUT2D eigenvalue weighted by Crippen LogP contribution is -2.38. The van der Waals surface area contributed by atoms with Crippen LogP contribution in [0.2, 0.25) is 5.02 Å². The maximum Gasteiger partial charge on any atom is 0.402 e. The van der Waals surface area contributed by atoms with Crippen LogP contribution in [0.15, 0.2) is 17.2 Å². The summed E-state index contributed by atoms with van der Waals surface area (Å²) in [5.41, 5.74) is 5.31. The molecule has 1 aromatic heterocycles. The molecule has 19 heavy (non-hydrogen) atoms. The molecule has 0 fully saturated rings. The van der Waals surface area contributed by atoms with Crippen molar-refractivity contribution in [3.05, 3.63) is 17.3 Å². The van der Waals surface area contributed by atoms with Crippen molar-refractivity contribution in [1.29, 1.82) is 0 Å². The number of halogens is 4. The summed E-state index contributed by atoms with van der Waals surface area (Å²) in [5.74, 6) is -0.0977. The summed E-state index contributed by atoms with van der Waals surface area (Å²) >= 11 is 5.61. The van der Waals surface area contributed by atoms with Crippen LogP contribution >= 0.6 is 11.6 Å². The van der Waals surface area contributed by atoms with Gasteiger partial charge in [0, 0.05) is 12.7 Å². The summed E-state index contributed by atoms with van der Waals surface area (Å²) in [5, 5.41) is -0.135. The molecule has 0 radical (unpaired) electrons. The van der Waals surface area contributed by atoms with E-state index in [0.717, 1.165) is 12.3 Å². The van der Waals surface area contributed by atoms with Crippen molar-refractivity contribution in [3.8, 4) is 0 Å². The molecule has 1 aromatic rings. The molecule has 1 heterocycles. The Morgan fingerprint density at radius 1 is 1.47 bits per heavy atom. The van der Waals surface area contributed by atoms with Crippen molar-refractivity contribution in [2.24, 2.45) is 0 Å². The Labute approximate surface area is 113 Å². The first-order valence-corrected chi connectivity index (χ1v) is 6.87. The standard InChI is InChI=1S/C9H11ClF3N3O2S/c1-2-16(5-9(11,12)13)19(17,18)6-3-7(10)8(14)15-4-6/h3-4H,2,5H2,1H3,(H2,14,15). The molecular formula is C9H11ClF3N3O2S. The number of nitrogens with zero attached hydrogens (tertiary/aromatic N) is 2. The average molecular weight is 318 g/mol. The van der Waals surface area contributed by atoms with Gasteiger partial charge < -0.3 is 5.73 Å². The van der Waals surface area contributed by atoms with Gasteiger partial charge in [0.15, 0.2) is 0 Å². The van der Waals surface area contributed by atoms with Crippen molar-refractivity contribution >= 4 is 27.4 Å². The fraction of sp³-hybridized carbons (Fsp3) is 0.444. The summed E-state index contributed by atoms with van der Waals surface area (Å²) in [6, 6.07) is 0.970. The second-order valence-corrected chi connectivity index (χ2v) is 5.93. The number of hydrogen-bond donors (Lipinski definition) is 1. The fourth-order valence-corrected chi connectivity index (χ4v) is 2.93. The molecule has 0 amide bonds. The van der Waals surface area contributed by atoms with Gasteiger partial charge in [0.05, 0.1) is 5.02 Å². The molecule has 0 atom stereocenters. The number of rotatable bonds is 4. The highest BCUT2D eigenvalue weighted by molar-refractivity contribution is 7.89. The van der Waals surface area contributed by atoms with Gasteiger partial charge in [-0.25, -0.2) is 13.4 Å². The van der Waals surface area contributed by atoms with Crippen LogP contribution in [0.4, 0.5) is 19.0 Å². The maximum absolute atomic E-state index is 12.3. The maximum atomic E-state index is 12.3. The number of nitrogen functional groups attached to an aromatic ring is 1. The van der Waals surface area contributed by atoms with Crippen LogP contribution in [-0.2, 0) is 10.0 Å². The monoisotopic (exact) mass is 317 g/mol. The Bertz CT molecular complexity index is 562. The molecule has 0 spiro atoms. The third kappa shape index (κ3) is 3.95. The van der Waals surface area contributed by atoms with Crippen molar-refractivity contribution in [3.63, 3.8) is 0 Å². The number of aromatic nitrogens is 1. The van der Waals surface area contributed by atoms with Crippen LogP contribution in [0.25, 0.3) is 0 Å². The van der Waals surface area contributed by atoms with Gasteiger partial charge in [-0.15, -0.1) is 0 Å². The summed E-state index contributed by atoms with van der Waals surface area (Å²) < 4.78 is 61.2. The van der Waals surface area contributed by atoms with Gasteiger partial charge in [0.2, 0.25) is 10.0 Å². The molecule has 1 rings (SSSR count). The second kappa shape index (κ2) is 5.51. The Morgan fingerprint density at radius 2 is 2.05 bits per heavy atom. The van der Waals surface area contributed by atoms with Gasteiger partial charge in [0.1, 0.15) is 17.3 Å². The minimum Gasteiger partial charge on any atom is -0.382 e. The Morgan fingerprint density at radius 3 is 2.47 bits per heavy atom. The van der Waals surface area contributed by atoms with E-state index < -0.39 is 27.6 Å². The van der Waals surface area contributed by atoms with Crippen LogP contribution < -0.4 is 5.73 Å². The first-order chi connectivity index (χ1) is 8.58. The minimum absolute atomic E-state index is 0.0977. The molecule has 10 heteroatoms. The van der Waals surface area contributed by atoms with E-state index in [2.05, 4.69) is 4.98 Å². The fourth-order valence-electron chi connectivity index (χ4n) is 1.29. The minimum atomic E-state index is -4.63. The van der Waals surface area contributed by atoms with Crippen molar-refractivity contribution < 1.29 is 21.6 Å². The largest absolute Gasteiger partial charge is 0.402 e. The molecule has 0 aliphatic carbocycles. The molecule has 0 saturated carbocycles. The third-order valence-corrected chi connectivity index (χ3v) is 4.38. The van der Waals surface area contributed by atoms with E-state index in [1.807, 2.05) is 0 Å². The highest BCUT2D eigenvalue weighted by Gasteiger charge is 2.36. The zero-order valence-corrected chi connectivity index (χ0v) is 11.3. The van der Waals surface area contributed by atoms with E-state index in [-0.39, 0.29) is 21.7 Å². The molecule has 5 nitrogen and oxygen atoms in total. The molecule has 2 N–H and O–H groups in total. The van der Waals surface area contributed by atoms with Crippen LogP contribution in [0.3, 0.4) is 0 Å². The topological polar surface area (TPSA) is 76.3 Å². The van der Waals surface area contributed by atoms with Gasteiger partial charge in [-0.1, -0.05) is 18.5 Å². The lowest BCUT2D eigenvalue weighted by Gasteiger charge is -2.21. The number of anilines is 1. The summed E-state index contributed by atoms with van der Waals surface area (Å²) in [7, 11) is -4.31. The number of alkyl halides is 3. The average Bonchev–Trinajstić information content (AvgIpc) is 2.28. The first kappa shape index (κ1) is 16.0. The Hall–Kier alpha value is -1.06. The first-order valence-electron chi connectivity index (χ1n) is 5.06. The van der Waals surface area contributed by atoms with E-state index in [1.165, 1.54) is 6.92 Å².